The van der Waals surface area contributed by atoms with Gasteiger partial charge in [-0.05, 0) is 37.1 Å². The number of hydrogen-bond donors (Lipinski definition) is 1. The van der Waals surface area contributed by atoms with E-state index in [1.165, 1.54) is 0 Å². The van der Waals surface area contributed by atoms with E-state index in [0.717, 1.165) is 5.56 Å². The molecule has 1 aromatic carbocycles. The molecule has 2 rings (SSSR count). The van der Waals surface area contributed by atoms with Gasteiger partial charge in [0.25, 0.3) is 5.91 Å². The molecule has 0 atom stereocenters. The fourth-order valence-electron chi connectivity index (χ4n) is 1.96. The molecular formula is C14H15NO2. The Morgan fingerprint density at radius 1 is 1.29 bits per heavy atom. The number of hydrogen-bond acceptors (Lipinski definition) is 2. The second-order valence-corrected chi connectivity index (χ2v) is 4.25. The lowest BCUT2D eigenvalue weighted by atomic mass is 10.1. The fraction of sp³-hybridized carbons (Fsp3) is 0.357. The normalized spacial score (nSPS) is 16.6. The van der Waals surface area contributed by atoms with E-state index < -0.39 is 0 Å². The molecule has 0 unspecified atom stereocenters. The van der Waals surface area contributed by atoms with Crippen LogP contribution in [-0.2, 0) is 0 Å². The highest BCUT2D eigenvalue weighted by atomic mass is 16.3. The van der Waals surface area contributed by atoms with E-state index in [0.29, 0.717) is 31.5 Å². The highest BCUT2D eigenvalue weighted by Gasteiger charge is 2.21. The van der Waals surface area contributed by atoms with Gasteiger partial charge in [-0.1, -0.05) is 5.92 Å². The quantitative estimate of drug-likeness (QED) is 0.737. The molecule has 1 saturated heterocycles. The number of aliphatic hydroxyl groups is 1. The topological polar surface area (TPSA) is 40.5 Å². The van der Waals surface area contributed by atoms with Gasteiger partial charge in [-0.3, -0.25) is 4.79 Å². The number of carbonyl (C=O) groups excluding carboxylic acids is 1. The Hall–Kier alpha value is -1.79. The molecule has 0 radical (unpaired) electrons. The maximum atomic E-state index is 12.1. The zero-order chi connectivity index (χ0) is 12.3. The number of aliphatic hydroxyl groups excluding tert-OH is 1. The minimum atomic E-state index is -0.261. The Balaban J connectivity index is 2.06. The molecule has 1 N–H and O–H groups in total. The molecule has 1 amide bonds. The largest absolute Gasteiger partial charge is 0.393 e. The van der Waals surface area contributed by atoms with Crippen molar-refractivity contribution in [2.24, 2.45) is 0 Å². The van der Waals surface area contributed by atoms with Crippen LogP contribution in [0.15, 0.2) is 24.3 Å². The van der Waals surface area contributed by atoms with Gasteiger partial charge in [0.15, 0.2) is 0 Å². The average molecular weight is 229 g/mol. The van der Waals surface area contributed by atoms with E-state index in [-0.39, 0.29) is 12.0 Å². The van der Waals surface area contributed by atoms with Crippen molar-refractivity contribution in [1.82, 2.24) is 4.90 Å². The van der Waals surface area contributed by atoms with Crippen LogP contribution in [0, 0.1) is 12.3 Å². The molecule has 3 nitrogen and oxygen atoms in total. The molecule has 1 heterocycles. The first kappa shape index (κ1) is 11.7. The third-order valence-corrected chi connectivity index (χ3v) is 3.05. The maximum absolute atomic E-state index is 12.1. The minimum absolute atomic E-state index is 0.0143. The zero-order valence-corrected chi connectivity index (χ0v) is 9.60. The Labute approximate surface area is 101 Å². The molecule has 1 aromatic rings. The van der Waals surface area contributed by atoms with E-state index in [2.05, 4.69) is 5.92 Å². The fourth-order valence-corrected chi connectivity index (χ4v) is 1.96. The molecule has 0 aromatic heterocycles. The smallest absolute Gasteiger partial charge is 0.253 e. The maximum Gasteiger partial charge on any atom is 0.253 e. The van der Waals surface area contributed by atoms with Crippen molar-refractivity contribution in [2.75, 3.05) is 13.1 Å². The van der Waals surface area contributed by atoms with Crippen LogP contribution in [0.25, 0.3) is 0 Å². The first-order valence-corrected chi connectivity index (χ1v) is 5.74. The molecule has 88 valence electrons. The van der Waals surface area contributed by atoms with E-state index in [1.54, 1.807) is 29.2 Å². The molecule has 1 aliphatic heterocycles. The van der Waals surface area contributed by atoms with Crippen LogP contribution < -0.4 is 0 Å². The molecule has 0 saturated carbocycles. The third-order valence-electron chi connectivity index (χ3n) is 3.05. The summed E-state index contributed by atoms with van der Waals surface area (Å²) in [5.41, 5.74) is 1.43. The average Bonchev–Trinajstić information content (AvgIpc) is 2.39. The van der Waals surface area contributed by atoms with Crippen LogP contribution in [0.5, 0.6) is 0 Å². The lowest BCUT2D eigenvalue weighted by molar-refractivity contribution is 0.0546. The van der Waals surface area contributed by atoms with E-state index in [1.807, 2.05) is 0 Å². The molecule has 0 spiro atoms. The lowest BCUT2D eigenvalue weighted by Gasteiger charge is -2.29. The van der Waals surface area contributed by atoms with Gasteiger partial charge >= 0.3 is 0 Å². The molecule has 1 aliphatic rings. The number of carbonyl (C=O) groups is 1. The summed E-state index contributed by atoms with van der Waals surface area (Å²) in [5.74, 6) is 2.53. The van der Waals surface area contributed by atoms with E-state index in [9.17, 15) is 9.90 Å². The molecular weight excluding hydrogens is 214 g/mol. The second-order valence-electron chi connectivity index (χ2n) is 4.25. The third kappa shape index (κ3) is 2.66. The van der Waals surface area contributed by atoms with Crippen molar-refractivity contribution in [3.8, 4) is 12.3 Å². The number of rotatable bonds is 1. The number of nitrogens with zero attached hydrogens (tertiary/aromatic N) is 1. The van der Waals surface area contributed by atoms with Crippen molar-refractivity contribution < 1.29 is 9.90 Å². The molecule has 17 heavy (non-hydrogen) atoms. The van der Waals surface area contributed by atoms with Crippen LogP contribution in [0.2, 0.25) is 0 Å². The summed E-state index contributed by atoms with van der Waals surface area (Å²) in [6, 6.07) is 7.04. The summed E-state index contributed by atoms with van der Waals surface area (Å²) >= 11 is 0. The number of terminal acetylenes is 1. The monoisotopic (exact) mass is 229 g/mol. The zero-order valence-electron chi connectivity index (χ0n) is 9.60. The highest BCUT2D eigenvalue weighted by Crippen LogP contribution is 2.14. The molecule has 1 fully saturated rings. The number of benzene rings is 1. The summed E-state index contributed by atoms with van der Waals surface area (Å²) in [6.45, 7) is 1.24. The Bertz CT molecular complexity index is 436. The van der Waals surface area contributed by atoms with Crippen molar-refractivity contribution in [3.63, 3.8) is 0 Å². The summed E-state index contributed by atoms with van der Waals surface area (Å²) < 4.78 is 0. The van der Waals surface area contributed by atoms with Gasteiger partial charge in [0.1, 0.15) is 0 Å². The predicted octanol–water partition coefficient (Wildman–Crippen LogP) is 1.26. The van der Waals surface area contributed by atoms with Crippen molar-refractivity contribution in [1.29, 1.82) is 0 Å². The van der Waals surface area contributed by atoms with Gasteiger partial charge in [-0.25, -0.2) is 0 Å². The van der Waals surface area contributed by atoms with Gasteiger partial charge in [0, 0.05) is 24.2 Å². The Morgan fingerprint density at radius 2 is 1.88 bits per heavy atom. The Kier molecular flexibility index (Phi) is 3.46. The standard InChI is InChI=1S/C14H15NO2/c1-2-11-3-5-12(6-4-11)14(17)15-9-7-13(16)8-10-15/h1,3-6,13,16H,7-10H2. The van der Waals surface area contributed by atoms with Crippen molar-refractivity contribution in [2.45, 2.75) is 18.9 Å². The highest BCUT2D eigenvalue weighted by molar-refractivity contribution is 5.94. The number of likely N-dealkylation sites (tertiary alicyclic amines) is 1. The van der Waals surface area contributed by atoms with Gasteiger partial charge in [-0.15, -0.1) is 6.42 Å². The molecule has 0 aliphatic carbocycles. The van der Waals surface area contributed by atoms with E-state index in [4.69, 9.17) is 6.42 Å². The van der Waals surface area contributed by atoms with Crippen LogP contribution in [0.4, 0.5) is 0 Å². The first-order chi connectivity index (χ1) is 8.20. The summed E-state index contributed by atoms with van der Waals surface area (Å²) in [4.78, 5) is 13.9. The van der Waals surface area contributed by atoms with Crippen LogP contribution >= 0.6 is 0 Å². The van der Waals surface area contributed by atoms with Gasteiger partial charge in [0.05, 0.1) is 6.10 Å². The predicted molar refractivity (Wildman–Crippen MR) is 65.5 cm³/mol. The van der Waals surface area contributed by atoms with Gasteiger partial charge in [0.2, 0.25) is 0 Å². The first-order valence-electron chi connectivity index (χ1n) is 5.74. The number of amides is 1. The van der Waals surface area contributed by atoms with Gasteiger partial charge < -0.3 is 10.0 Å². The van der Waals surface area contributed by atoms with Crippen LogP contribution in [0.1, 0.15) is 28.8 Å². The SMILES string of the molecule is C#Cc1ccc(C(=O)N2CCC(O)CC2)cc1. The van der Waals surface area contributed by atoms with Crippen LogP contribution in [-0.4, -0.2) is 35.1 Å². The van der Waals surface area contributed by atoms with Crippen molar-refractivity contribution in [3.05, 3.63) is 35.4 Å². The summed E-state index contributed by atoms with van der Waals surface area (Å²) in [6.07, 6.45) is 6.32. The lowest BCUT2D eigenvalue weighted by Crippen LogP contribution is -2.40. The number of piperidine rings is 1. The second kappa shape index (κ2) is 5.03. The Morgan fingerprint density at radius 3 is 2.41 bits per heavy atom. The summed E-state index contributed by atoms with van der Waals surface area (Å²) in [5, 5.41) is 9.39. The van der Waals surface area contributed by atoms with E-state index >= 15 is 0 Å². The van der Waals surface area contributed by atoms with Crippen molar-refractivity contribution >= 4 is 5.91 Å². The summed E-state index contributed by atoms with van der Waals surface area (Å²) in [7, 11) is 0. The molecule has 3 heteroatoms. The molecule has 0 bridgehead atoms. The van der Waals surface area contributed by atoms with Gasteiger partial charge in [-0.2, -0.15) is 0 Å². The van der Waals surface area contributed by atoms with Crippen LogP contribution in [0.3, 0.4) is 0 Å². The minimum Gasteiger partial charge on any atom is -0.393 e.